The van der Waals surface area contributed by atoms with Crippen molar-refractivity contribution < 1.29 is 8.42 Å². The average molecular weight is 312 g/mol. The van der Waals surface area contributed by atoms with Crippen molar-refractivity contribution in [2.24, 2.45) is 5.14 Å². The number of hydrogen-bond acceptors (Lipinski definition) is 5. The average Bonchev–Trinajstić information content (AvgIpc) is 2.94. The SMILES string of the molecule is CC(C)c1nc(S(N)(=O)=O)cn1Cc1ncnn1C(C)C. The van der Waals surface area contributed by atoms with Crippen molar-refractivity contribution >= 4 is 10.0 Å². The fourth-order valence-corrected chi connectivity index (χ4v) is 2.60. The van der Waals surface area contributed by atoms with Crippen molar-refractivity contribution in [2.45, 2.75) is 51.2 Å². The summed E-state index contributed by atoms with van der Waals surface area (Å²) in [5, 5.41) is 9.20. The first-order chi connectivity index (χ1) is 9.70. The first-order valence-corrected chi connectivity index (χ1v) is 8.23. The molecule has 0 fully saturated rings. The minimum Gasteiger partial charge on any atom is -0.326 e. The van der Waals surface area contributed by atoms with Gasteiger partial charge in [0, 0.05) is 18.2 Å². The molecule has 0 radical (unpaired) electrons. The van der Waals surface area contributed by atoms with Gasteiger partial charge in [0.05, 0.1) is 6.54 Å². The van der Waals surface area contributed by atoms with Gasteiger partial charge in [-0.3, -0.25) is 0 Å². The van der Waals surface area contributed by atoms with Crippen LogP contribution in [-0.2, 0) is 16.6 Å². The van der Waals surface area contributed by atoms with Crippen LogP contribution in [0.2, 0.25) is 0 Å². The maximum Gasteiger partial charge on any atom is 0.257 e. The lowest BCUT2D eigenvalue weighted by molar-refractivity contribution is 0.491. The molecule has 8 nitrogen and oxygen atoms in total. The zero-order valence-electron chi connectivity index (χ0n) is 12.6. The molecule has 0 atom stereocenters. The van der Waals surface area contributed by atoms with Crippen LogP contribution in [-0.4, -0.2) is 32.7 Å². The van der Waals surface area contributed by atoms with Gasteiger partial charge in [0.1, 0.15) is 18.0 Å². The summed E-state index contributed by atoms with van der Waals surface area (Å²) >= 11 is 0. The molecule has 0 spiro atoms. The quantitative estimate of drug-likeness (QED) is 0.881. The summed E-state index contributed by atoms with van der Waals surface area (Å²) in [6, 6.07) is 0.172. The van der Waals surface area contributed by atoms with E-state index in [2.05, 4.69) is 15.1 Å². The van der Waals surface area contributed by atoms with E-state index < -0.39 is 10.0 Å². The second kappa shape index (κ2) is 5.57. The Morgan fingerprint density at radius 1 is 1.29 bits per heavy atom. The highest BCUT2D eigenvalue weighted by Crippen LogP contribution is 2.18. The Hall–Kier alpha value is -1.74. The smallest absolute Gasteiger partial charge is 0.257 e. The molecular formula is C12H20N6O2S. The van der Waals surface area contributed by atoms with Crippen LogP contribution in [0, 0.1) is 0 Å². The van der Waals surface area contributed by atoms with Gasteiger partial charge in [0.2, 0.25) is 0 Å². The normalized spacial score (nSPS) is 12.5. The molecule has 0 saturated carbocycles. The summed E-state index contributed by atoms with van der Waals surface area (Å²) in [4.78, 5) is 8.36. The summed E-state index contributed by atoms with van der Waals surface area (Å²) in [6.45, 7) is 8.29. The lowest BCUT2D eigenvalue weighted by atomic mass is 10.2. The summed E-state index contributed by atoms with van der Waals surface area (Å²) < 4.78 is 26.5. The number of sulfonamides is 1. The summed E-state index contributed by atoms with van der Waals surface area (Å²) in [7, 11) is -3.82. The second-order valence-electron chi connectivity index (χ2n) is 5.48. The first kappa shape index (κ1) is 15.6. The van der Waals surface area contributed by atoms with Crippen molar-refractivity contribution in [3.8, 4) is 0 Å². The third-order valence-corrected chi connectivity index (χ3v) is 3.82. The second-order valence-corrected chi connectivity index (χ2v) is 6.99. The summed E-state index contributed by atoms with van der Waals surface area (Å²) in [5.74, 6) is 1.46. The van der Waals surface area contributed by atoms with E-state index in [1.54, 1.807) is 9.25 Å². The van der Waals surface area contributed by atoms with E-state index in [-0.39, 0.29) is 17.0 Å². The maximum absolute atomic E-state index is 11.5. The number of aromatic nitrogens is 5. The molecule has 2 aromatic rings. The molecule has 0 saturated heterocycles. The van der Waals surface area contributed by atoms with Gasteiger partial charge in [-0.25, -0.2) is 28.2 Å². The monoisotopic (exact) mass is 312 g/mol. The van der Waals surface area contributed by atoms with Gasteiger partial charge in [0.15, 0.2) is 5.03 Å². The van der Waals surface area contributed by atoms with Crippen LogP contribution < -0.4 is 5.14 Å². The summed E-state index contributed by atoms with van der Waals surface area (Å²) in [6.07, 6.45) is 2.94. The molecule has 0 aliphatic rings. The minimum absolute atomic E-state index is 0.0657. The van der Waals surface area contributed by atoms with Gasteiger partial charge in [-0.05, 0) is 13.8 Å². The standard InChI is InChI=1S/C12H20N6O2S/c1-8(2)12-16-11(21(13,19)20)6-17(12)5-10-14-7-15-18(10)9(3)4/h6-9H,5H2,1-4H3,(H2,13,19,20). The molecule has 0 aliphatic carbocycles. The van der Waals surface area contributed by atoms with Gasteiger partial charge in [0.25, 0.3) is 10.0 Å². The van der Waals surface area contributed by atoms with Crippen LogP contribution in [0.15, 0.2) is 17.6 Å². The molecule has 116 valence electrons. The fraction of sp³-hybridized carbons (Fsp3) is 0.583. The zero-order chi connectivity index (χ0) is 15.8. The van der Waals surface area contributed by atoms with Gasteiger partial charge >= 0.3 is 0 Å². The van der Waals surface area contributed by atoms with E-state index in [1.807, 2.05) is 27.7 Å². The van der Waals surface area contributed by atoms with E-state index in [4.69, 9.17) is 5.14 Å². The van der Waals surface area contributed by atoms with E-state index in [1.165, 1.54) is 12.5 Å². The number of primary sulfonamides is 1. The van der Waals surface area contributed by atoms with Crippen LogP contribution in [0.4, 0.5) is 0 Å². The van der Waals surface area contributed by atoms with E-state index in [9.17, 15) is 8.42 Å². The molecule has 0 unspecified atom stereocenters. The number of imidazole rings is 1. The van der Waals surface area contributed by atoms with Crippen LogP contribution in [0.1, 0.15) is 51.3 Å². The van der Waals surface area contributed by atoms with Crippen LogP contribution in [0.25, 0.3) is 0 Å². The molecular weight excluding hydrogens is 292 g/mol. The van der Waals surface area contributed by atoms with Crippen LogP contribution in [0.3, 0.4) is 0 Å². The topological polar surface area (TPSA) is 109 Å². The predicted octanol–water partition coefficient (Wildman–Crippen LogP) is 0.875. The van der Waals surface area contributed by atoms with E-state index in [0.717, 1.165) is 5.82 Å². The Balaban J connectivity index is 2.44. The number of hydrogen-bond donors (Lipinski definition) is 1. The van der Waals surface area contributed by atoms with Crippen LogP contribution in [0.5, 0.6) is 0 Å². The molecule has 2 aromatic heterocycles. The van der Waals surface area contributed by atoms with Crippen molar-refractivity contribution in [3.05, 3.63) is 24.2 Å². The lowest BCUT2D eigenvalue weighted by Gasteiger charge is -2.12. The minimum atomic E-state index is -3.82. The predicted molar refractivity (Wildman–Crippen MR) is 77.2 cm³/mol. The van der Waals surface area contributed by atoms with Crippen molar-refractivity contribution in [2.75, 3.05) is 0 Å². The highest BCUT2D eigenvalue weighted by atomic mass is 32.2. The third kappa shape index (κ3) is 3.30. The first-order valence-electron chi connectivity index (χ1n) is 6.68. The van der Waals surface area contributed by atoms with E-state index in [0.29, 0.717) is 12.4 Å². The van der Waals surface area contributed by atoms with Crippen LogP contribution >= 0.6 is 0 Å². The number of nitrogens with zero attached hydrogens (tertiary/aromatic N) is 5. The molecule has 21 heavy (non-hydrogen) atoms. The molecule has 0 aliphatic heterocycles. The molecule has 2 heterocycles. The Morgan fingerprint density at radius 2 is 1.95 bits per heavy atom. The molecule has 9 heteroatoms. The van der Waals surface area contributed by atoms with E-state index >= 15 is 0 Å². The molecule has 2 N–H and O–H groups in total. The van der Waals surface area contributed by atoms with Gasteiger partial charge in [-0.15, -0.1) is 0 Å². The summed E-state index contributed by atoms with van der Waals surface area (Å²) in [5.41, 5.74) is 0. The highest BCUT2D eigenvalue weighted by molar-refractivity contribution is 7.89. The van der Waals surface area contributed by atoms with Crippen molar-refractivity contribution in [3.63, 3.8) is 0 Å². The lowest BCUT2D eigenvalue weighted by Crippen LogP contribution is -2.14. The third-order valence-electron chi connectivity index (χ3n) is 3.04. The van der Waals surface area contributed by atoms with Crippen molar-refractivity contribution in [1.29, 1.82) is 0 Å². The van der Waals surface area contributed by atoms with Crippen molar-refractivity contribution in [1.82, 2.24) is 24.3 Å². The van der Waals surface area contributed by atoms with Gasteiger partial charge in [-0.2, -0.15) is 5.10 Å². The number of rotatable bonds is 5. The Morgan fingerprint density at radius 3 is 2.48 bits per heavy atom. The Bertz CT molecular complexity index is 729. The molecule has 0 aromatic carbocycles. The van der Waals surface area contributed by atoms with Gasteiger partial charge in [-0.1, -0.05) is 13.8 Å². The zero-order valence-corrected chi connectivity index (χ0v) is 13.4. The maximum atomic E-state index is 11.5. The highest BCUT2D eigenvalue weighted by Gasteiger charge is 2.19. The molecule has 2 rings (SSSR count). The Kier molecular flexibility index (Phi) is 4.15. The van der Waals surface area contributed by atoms with Gasteiger partial charge < -0.3 is 4.57 Å². The largest absolute Gasteiger partial charge is 0.326 e. The Labute approximate surface area is 124 Å². The number of nitrogens with two attached hydrogens (primary N) is 1. The molecule has 0 bridgehead atoms. The fourth-order valence-electron chi connectivity index (χ4n) is 2.10. The molecule has 0 amide bonds.